The van der Waals surface area contributed by atoms with Gasteiger partial charge in [-0.15, -0.1) is 0 Å². The molecule has 0 bridgehead atoms. The number of fused-ring (bicyclic) bond motifs is 2. The monoisotopic (exact) mass is 534 g/mol. The van der Waals surface area contributed by atoms with Crippen molar-refractivity contribution in [1.29, 1.82) is 0 Å². The molecule has 2 aromatic rings. The molecule has 31 heavy (non-hydrogen) atoms. The molecule has 1 fully saturated rings. The molecule has 1 aliphatic carbocycles. The summed E-state index contributed by atoms with van der Waals surface area (Å²) in [5.41, 5.74) is 4.30. The minimum atomic E-state index is 0. The molecule has 2 heterocycles. The molecule has 1 saturated heterocycles. The maximum Gasteiger partial charge on any atom is 0.163 e. The fourth-order valence-electron chi connectivity index (χ4n) is 5.70. The Kier molecular flexibility index (Phi) is 7.01. The first-order valence-corrected chi connectivity index (χ1v) is 11.7. The maximum absolute atomic E-state index is 5.91. The van der Waals surface area contributed by atoms with Crippen LogP contribution >= 0.6 is 0 Å². The molecule has 2 aromatic carbocycles. The quantitative estimate of drug-likeness (QED) is 0.429. The molecule has 168 valence electrons. The van der Waals surface area contributed by atoms with Crippen molar-refractivity contribution >= 4 is 5.69 Å². The second kappa shape index (κ2) is 9.57. The number of rotatable bonds is 5. The predicted molar refractivity (Wildman–Crippen MR) is 122 cm³/mol. The topological polar surface area (TPSA) is 21.7 Å². The van der Waals surface area contributed by atoms with Crippen molar-refractivity contribution in [2.45, 2.75) is 50.6 Å². The lowest BCUT2D eigenvalue weighted by molar-refractivity contribution is -0.920. The predicted octanol–water partition coefficient (Wildman–Crippen LogP) is 1.45. The number of anilines is 1. The highest BCUT2D eigenvalue weighted by Crippen LogP contribution is 2.37. The highest BCUT2D eigenvalue weighted by molar-refractivity contribution is 5.58. The highest BCUT2D eigenvalue weighted by atomic mass is 127. The zero-order valence-electron chi connectivity index (χ0n) is 18.9. The molecule has 4 nitrogen and oxygen atoms in total. The van der Waals surface area contributed by atoms with E-state index in [9.17, 15) is 0 Å². The molecule has 2 aliphatic heterocycles. The summed E-state index contributed by atoms with van der Waals surface area (Å²) >= 11 is 0. The van der Waals surface area contributed by atoms with Gasteiger partial charge in [-0.1, -0.05) is 24.3 Å². The third-order valence-corrected chi connectivity index (χ3v) is 7.54. The van der Waals surface area contributed by atoms with Crippen molar-refractivity contribution in [2.24, 2.45) is 0 Å². The molecule has 5 rings (SSSR count). The van der Waals surface area contributed by atoms with Crippen molar-refractivity contribution in [1.82, 2.24) is 0 Å². The summed E-state index contributed by atoms with van der Waals surface area (Å²) in [6.07, 6.45) is 7.61. The van der Waals surface area contributed by atoms with Gasteiger partial charge in [-0.2, -0.15) is 0 Å². The van der Waals surface area contributed by atoms with Gasteiger partial charge in [-0.05, 0) is 55.4 Å². The number of ether oxygens (including phenoxy) is 2. The average molecular weight is 534 g/mol. The molecule has 0 spiro atoms. The van der Waals surface area contributed by atoms with E-state index in [-0.39, 0.29) is 24.0 Å². The van der Waals surface area contributed by atoms with E-state index in [1.54, 1.807) is 0 Å². The van der Waals surface area contributed by atoms with E-state index < -0.39 is 0 Å². The number of hydrogen-bond acceptors (Lipinski definition) is 3. The van der Waals surface area contributed by atoms with Crippen molar-refractivity contribution in [3.05, 3.63) is 53.6 Å². The van der Waals surface area contributed by atoms with Crippen LogP contribution in [0.5, 0.6) is 11.5 Å². The lowest BCUT2D eigenvalue weighted by Gasteiger charge is -2.43. The summed E-state index contributed by atoms with van der Waals surface area (Å²) in [5.74, 6) is 1.78. The van der Waals surface area contributed by atoms with Gasteiger partial charge in [0.15, 0.2) is 11.5 Å². The summed E-state index contributed by atoms with van der Waals surface area (Å²) < 4.78 is 12.8. The van der Waals surface area contributed by atoms with Crippen LogP contribution in [0.1, 0.15) is 36.8 Å². The lowest BCUT2D eigenvalue weighted by Crippen LogP contribution is -3.00. The molecule has 0 unspecified atom stereocenters. The second-order valence-corrected chi connectivity index (χ2v) is 9.79. The maximum atomic E-state index is 5.91. The summed E-state index contributed by atoms with van der Waals surface area (Å²) in [5, 5.41) is 0. The number of quaternary nitrogens is 1. The van der Waals surface area contributed by atoms with Crippen LogP contribution in [-0.2, 0) is 12.8 Å². The van der Waals surface area contributed by atoms with Gasteiger partial charge in [-0.3, -0.25) is 0 Å². The van der Waals surface area contributed by atoms with Crippen molar-refractivity contribution in [2.75, 3.05) is 45.3 Å². The van der Waals surface area contributed by atoms with Crippen LogP contribution in [0, 0.1) is 0 Å². The molecular weight excluding hydrogens is 499 g/mol. The van der Waals surface area contributed by atoms with Gasteiger partial charge >= 0.3 is 0 Å². The Morgan fingerprint density at radius 1 is 0.935 bits per heavy atom. The normalized spacial score (nSPS) is 21.8. The third kappa shape index (κ3) is 4.82. The number of piperidine rings is 1. The zero-order chi connectivity index (χ0) is 20.6. The first kappa shape index (κ1) is 22.7. The average Bonchev–Trinajstić information content (AvgIpc) is 3.18. The van der Waals surface area contributed by atoms with Crippen LogP contribution in [0.25, 0.3) is 0 Å². The summed E-state index contributed by atoms with van der Waals surface area (Å²) in [4.78, 5) is 2.66. The molecule has 0 radical (unpaired) electrons. The van der Waals surface area contributed by atoms with E-state index in [0.29, 0.717) is 19.3 Å². The van der Waals surface area contributed by atoms with Crippen LogP contribution < -0.4 is 38.4 Å². The summed E-state index contributed by atoms with van der Waals surface area (Å²) in [7, 11) is 4.84. The molecular formula is C26H35IN2O2. The first-order chi connectivity index (χ1) is 14.6. The van der Waals surface area contributed by atoms with Crippen molar-refractivity contribution in [3.8, 4) is 11.5 Å². The fraction of sp³-hybridized carbons (Fsp3) is 0.538. The van der Waals surface area contributed by atoms with Crippen LogP contribution in [0.4, 0.5) is 5.69 Å². The van der Waals surface area contributed by atoms with E-state index in [4.69, 9.17) is 9.47 Å². The lowest BCUT2D eigenvalue weighted by atomic mass is 9.96. The number of hydrogen-bond donors (Lipinski definition) is 0. The number of benzene rings is 2. The standard InChI is InChI=1S/C26H35N2O2.HI/c1-28(2)14-6-5-9-24(28)12-13-27(23-17-20-7-3-4-8-21(20)18-23)22-10-11-25-26(19-22)30-16-15-29-25;/h3-4,7-8,10-11,19,23-24H,5-6,9,12-18H2,1-2H3;1H/q+1;/p-1/t24-;/m0./s1. The van der Waals surface area contributed by atoms with Crippen molar-refractivity contribution in [3.63, 3.8) is 0 Å². The number of nitrogens with zero attached hydrogens (tertiary/aromatic N) is 2. The first-order valence-electron chi connectivity index (χ1n) is 11.7. The van der Waals surface area contributed by atoms with Gasteiger partial charge in [0.1, 0.15) is 13.2 Å². The summed E-state index contributed by atoms with van der Waals surface area (Å²) in [6, 6.07) is 16.8. The van der Waals surface area contributed by atoms with E-state index in [1.807, 2.05) is 0 Å². The Bertz CT molecular complexity index is 876. The second-order valence-electron chi connectivity index (χ2n) is 9.79. The Labute approximate surface area is 204 Å². The molecule has 0 amide bonds. The Morgan fingerprint density at radius 2 is 1.65 bits per heavy atom. The Hall–Kier alpha value is -1.47. The van der Waals surface area contributed by atoms with Gasteiger partial charge in [0.25, 0.3) is 0 Å². The molecule has 0 N–H and O–H groups in total. The minimum absolute atomic E-state index is 0. The van der Waals surface area contributed by atoms with Crippen LogP contribution in [0.15, 0.2) is 42.5 Å². The van der Waals surface area contributed by atoms with Gasteiger partial charge in [-0.25, -0.2) is 0 Å². The smallest absolute Gasteiger partial charge is 0.163 e. The summed E-state index contributed by atoms with van der Waals surface area (Å²) in [6.45, 7) is 3.69. The van der Waals surface area contributed by atoms with Gasteiger partial charge < -0.3 is 42.8 Å². The SMILES string of the molecule is C[N+]1(C)CCCC[C@H]1CCN(c1ccc2c(c1)OCCO2)C1Cc2ccccc2C1.[I-]. The van der Waals surface area contributed by atoms with Crippen LogP contribution in [0.3, 0.4) is 0 Å². The molecule has 1 atom stereocenters. The molecule has 0 aromatic heterocycles. The Morgan fingerprint density at radius 3 is 2.35 bits per heavy atom. The van der Waals surface area contributed by atoms with Crippen LogP contribution in [-0.4, -0.2) is 57.0 Å². The molecule has 5 heteroatoms. The minimum Gasteiger partial charge on any atom is -1.00 e. The van der Waals surface area contributed by atoms with Gasteiger partial charge in [0, 0.05) is 30.8 Å². The van der Waals surface area contributed by atoms with Gasteiger partial charge in [0.2, 0.25) is 0 Å². The Balaban J connectivity index is 0.00000231. The zero-order valence-corrected chi connectivity index (χ0v) is 21.0. The van der Waals surface area contributed by atoms with E-state index >= 15 is 0 Å². The largest absolute Gasteiger partial charge is 1.00 e. The van der Waals surface area contributed by atoms with Gasteiger partial charge in [0.05, 0.1) is 26.7 Å². The van der Waals surface area contributed by atoms with Crippen LogP contribution in [0.2, 0.25) is 0 Å². The highest BCUT2D eigenvalue weighted by Gasteiger charge is 2.33. The third-order valence-electron chi connectivity index (χ3n) is 7.54. The number of likely N-dealkylation sites (tertiary alicyclic amines) is 1. The number of halogens is 1. The fourth-order valence-corrected chi connectivity index (χ4v) is 5.70. The molecule has 0 saturated carbocycles. The van der Waals surface area contributed by atoms with Crippen molar-refractivity contribution < 1.29 is 37.9 Å². The molecule has 3 aliphatic rings. The van der Waals surface area contributed by atoms with E-state index in [0.717, 1.165) is 36.9 Å². The van der Waals surface area contributed by atoms with E-state index in [1.165, 1.54) is 53.5 Å². The van der Waals surface area contributed by atoms with E-state index in [2.05, 4.69) is 61.5 Å².